The van der Waals surface area contributed by atoms with Gasteiger partial charge in [0.15, 0.2) is 11.6 Å². The monoisotopic (exact) mass is 537 g/mol. The summed E-state index contributed by atoms with van der Waals surface area (Å²) >= 11 is 3.53. The molecule has 1 aliphatic heterocycles. The van der Waals surface area contributed by atoms with Gasteiger partial charge in [-0.3, -0.25) is 19.6 Å². The Morgan fingerprint density at radius 1 is 1.26 bits per heavy atom. The smallest absolute Gasteiger partial charge is 0.320 e. The molecule has 3 heterocycles. The molecule has 0 radical (unpaired) electrons. The Kier molecular flexibility index (Phi) is 7.29. The zero-order chi connectivity index (χ0) is 24.4. The maximum atomic E-state index is 13.9. The molecule has 2 unspecified atom stereocenters. The fourth-order valence-corrected chi connectivity index (χ4v) is 4.85. The molecule has 4 rings (SSSR count). The number of rotatable bonds is 7. The number of benzene rings is 1. The first-order valence-corrected chi connectivity index (χ1v) is 11.5. The number of anilines is 1. The number of nitrogens with zero attached hydrogens (tertiary/aromatic N) is 5. The van der Waals surface area contributed by atoms with E-state index in [1.54, 1.807) is 35.8 Å². The van der Waals surface area contributed by atoms with Crippen LogP contribution in [0.4, 0.5) is 19.4 Å². The lowest BCUT2D eigenvalue weighted by atomic mass is 9.94. The summed E-state index contributed by atoms with van der Waals surface area (Å²) in [5, 5.41) is 14.5. The molecule has 2 amide bonds. The van der Waals surface area contributed by atoms with Gasteiger partial charge in [-0.1, -0.05) is 6.07 Å². The van der Waals surface area contributed by atoms with Gasteiger partial charge in [-0.25, -0.2) is 13.6 Å². The van der Waals surface area contributed by atoms with Crippen LogP contribution in [0.5, 0.6) is 0 Å². The molecule has 0 spiro atoms. The maximum Gasteiger partial charge on any atom is 0.320 e. The summed E-state index contributed by atoms with van der Waals surface area (Å²) in [6.45, 7) is 2.33. The summed E-state index contributed by atoms with van der Waals surface area (Å²) < 4.78 is 36.4. The first-order valence-electron chi connectivity index (χ1n) is 10.7. The lowest BCUT2D eigenvalue weighted by Gasteiger charge is -2.21. The van der Waals surface area contributed by atoms with Crippen LogP contribution in [0, 0.1) is 11.6 Å². The van der Waals surface area contributed by atoms with Crippen LogP contribution in [-0.2, 0) is 18.8 Å². The molecule has 182 valence electrons. The van der Waals surface area contributed by atoms with Crippen molar-refractivity contribution in [2.24, 2.45) is 14.1 Å². The minimum atomic E-state index is -0.905. The molecule has 3 aromatic rings. The largest absolute Gasteiger partial charge is 0.383 e. The number of methoxy groups -OCH3 is 1. The molecule has 0 bridgehead atoms. The third kappa shape index (κ3) is 5.13. The van der Waals surface area contributed by atoms with Gasteiger partial charge < -0.3 is 10.1 Å². The number of halogens is 3. The van der Waals surface area contributed by atoms with Gasteiger partial charge in [-0.2, -0.15) is 10.2 Å². The van der Waals surface area contributed by atoms with Crippen LogP contribution in [0.3, 0.4) is 0 Å². The summed E-state index contributed by atoms with van der Waals surface area (Å²) in [6.07, 6.45) is 3.52. The van der Waals surface area contributed by atoms with Gasteiger partial charge in [0, 0.05) is 58.5 Å². The molecular formula is C22H26BrF2N7O2. The molecule has 34 heavy (non-hydrogen) atoms. The molecule has 1 fully saturated rings. The maximum absolute atomic E-state index is 13.9. The summed E-state index contributed by atoms with van der Waals surface area (Å²) in [7, 11) is 5.16. The van der Waals surface area contributed by atoms with Crippen molar-refractivity contribution in [2.45, 2.75) is 12.0 Å². The van der Waals surface area contributed by atoms with Crippen molar-refractivity contribution < 1.29 is 18.3 Å². The Morgan fingerprint density at radius 3 is 2.74 bits per heavy atom. The second-order valence-corrected chi connectivity index (χ2v) is 9.07. The lowest BCUT2D eigenvalue weighted by Crippen LogP contribution is -2.42. The van der Waals surface area contributed by atoms with Crippen LogP contribution in [0.1, 0.15) is 11.5 Å². The van der Waals surface area contributed by atoms with E-state index in [4.69, 9.17) is 4.74 Å². The number of likely N-dealkylation sites (tertiary alicyclic amines) is 1. The highest BCUT2D eigenvalue weighted by atomic mass is 79.9. The van der Waals surface area contributed by atoms with Crippen LogP contribution >= 0.6 is 15.9 Å². The Morgan fingerprint density at radius 2 is 2.06 bits per heavy atom. The van der Waals surface area contributed by atoms with Gasteiger partial charge in [0.1, 0.15) is 11.5 Å². The molecule has 1 aliphatic rings. The zero-order valence-electron chi connectivity index (χ0n) is 19.1. The summed E-state index contributed by atoms with van der Waals surface area (Å²) in [5.41, 5.74) is 2.09. The predicted molar refractivity (Wildman–Crippen MR) is 126 cm³/mol. The topological polar surface area (TPSA) is 89.2 Å². The number of nitrogens with one attached hydrogen (secondary N) is 2. The highest BCUT2D eigenvalue weighted by Gasteiger charge is 2.35. The standard InChI is InChI=1S/C22H26BrF2N7O2/c1-30-10-14(9-26-30)20-19(23)21(31(2)29-20)28-22(33)27-18-12-32(6-7-34-3)11-15(18)13-4-5-16(24)17(25)8-13/h4-5,8-10,15,18H,6-7,11-12H2,1-3H3,(H2,27,28,33). The Bertz CT molecular complexity index is 1180. The molecule has 9 nitrogen and oxygen atoms in total. The molecule has 2 atom stereocenters. The van der Waals surface area contributed by atoms with Gasteiger partial charge in [-0.05, 0) is 33.6 Å². The number of hydrogen-bond donors (Lipinski definition) is 2. The van der Waals surface area contributed by atoms with E-state index in [9.17, 15) is 13.6 Å². The van der Waals surface area contributed by atoms with E-state index in [0.717, 1.165) is 11.6 Å². The van der Waals surface area contributed by atoms with Crippen molar-refractivity contribution in [1.29, 1.82) is 0 Å². The number of carbonyl (C=O) groups excluding carboxylic acids is 1. The molecule has 2 N–H and O–H groups in total. The van der Waals surface area contributed by atoms with E-state index in [1.165, 1.54) is 6.07 Å². The molecule has 2 aromatic heterocycles. The second-order valence-electron chi connectivity index (χ2n) is 8.27. The first-order chi connectivity index (χ1) is 16.3. The number of carbonyl (C=O) groups is 1. The van der Waals surface area contributed by atoms with Crippen molar-refractivity contribution in [2.75, 3.05) is 38.7 Å². The highest BCUT2D eigenvalue weighted by Crippen LogP contribution is 2.33. The van der Waals surface area contributed by atoms with E-state index in [1.807, 2.05) is 13.2 Å². The fraction of sp³-hybridized carbons (Fsp3) is 0.409. The molecule has 0 aliphatic carbocycles. The normalized spacial score (nSPS) is 18.4. The van der Waals surface area contributed by atoms with Crippen molar-refractivity contribution in [1.82, 2.24) is 29.8 Å². The highest BCUT2D eigenvalue weighted by molar-refractivity contribution is 9.10. The van der Waals surface area contributed by atoms with E-state index in [2.05, 4.69) is 41.7 Å². The van der Waals surface area contributed by atoms with E-state index < -0.39 is 17.7 Å². The number of amides is 2. The van der Waals surface area contributed by atoms with Crippen molar-refractivity contribution in [3.63, 3.8) is 0 Å². The van der Waals surface area contributed by atoms with Crippen LogP contribution in [0.2, 0.25) is 0 Å². The Hall–Kier alpha value is -2.83. The third-order valence-electron chi connectivity index (χ3n) is 5.90. The average molecular weight is 538 g/mol. The van der Waals surface area contributed by atoms with Crippen molar-refractivity contribution in [3.8, 4) is 11.3 Å². The Balaban J connectivity index is 1.51. The Labute approximate surface area is 204 Å². The fourth-order valence-electron chi connectivity index (χ4n) is 4.19. The van der Waals surface area contributed by atoms with Gasteiger partial charge >= 0.3 is 6.03 Å². The van der Waals surface area contributed by atoms with Crippen LogP contribution in [-0.4, -0.2) is 69.9 Å². The van der Waals surface area contributed by atoms with Crippen molar-refractivity contribution in [3.05, 3.63) is 52.3 Å². The molecule has 12 heteroatoms. The predicted octanol–water partition coefficient (Wildman–Crippen LogP) is 3.10. The molecular weight excluding hydrogens is 512 g/mol. The lowest BCUT2D eigenvalue weighted by molar-refractivity contribution is 0.159. The summed E-state index contributed by atoms with van der Waals surface area (Å²) in [5.74, 6) is -1.53. The van der Waals surface area contributed by atoms with E-state index >= 15 is 0 Å². The van der Waals surface area contributed by atoms with Gasteiger partial charge in [-0.15, -0.1) is 0 Å². The minimum absolute atomic E-state index is 0.210. The van der Waals surface area contributed by atoms with Gasteiger partial charge in [0.25, 0.3) is 0 Å². The second kappa shape index (κ2) is 10.2. The number of ether oxygens (including phenoxy) is 1. The molecule has 1 saturated heterocycles. The van der Waals surface area contributed by atoms with E-state index in [0.29, 0.717) is 47.8 Å². The molecule has 1 aromatic carbocycles. The first kappa shape index (κ1) is 24.3. The SMILES string of the molecule is COCCN1CC(NC(=O)Nc2c(Br)c(-c3cnn(C)c3)nn2C)C(c2ccc(F)c(F)c2)C1. The number of aromatic nitrogens is 4. The van der Waals surface area contributed by atoms with Crippen LogP contribution < -0.4 is 10.6 Å². The minimum Gasteiger partial charge on any atom is -0.383 e. The number of hydrogen-bond acceptors (Lipinski definition) is 5. The molecule has 0 saturated carbocycles. The summed E-state index contributed by atoms with van der Waals surface area (Å²) in [6, 6.07) is 3.14. The van der Waals surface area contributed by atoms with Crippen molar-refractivity contribution >= 4 is 27.8 Å². The quantitative estimate of drug-likeness (QED) is 0.483. The van der Waals surface area contributed by atoms with Crippen LogP contribution in [0.15, 0.2) is 35.1 Å². The zero-order valence-corrected chi connectivity index (χ0v) is 20.6. The van der Waals surface area contributed by atoms with Gasteiger partial charge in [0.05, 0.1) is 23.3 Å². The van der Waals surface area contributed by atoms with Gasteiger partial charge in [0.2, 0.25) is 0 Å². The number of urea groups is 1. The average Bonchev–Trinajstić information content (AvgIpc) is 3.48. The number of aryl methyl sites for hydroxylation is 2. The summed E-state index contributed by atoms with van der Waals surface area (Å²) in [4.78, 5) is 15.1. The third-order valence-corrected chi connectivity index (χ3v) is 6.65. The van der Waals surface area contributed by atoms with Crippen LogP contribution in [0.25, 0.3) is 11.3 Å². The van der Waals surface area contributed by atoms with E-state index in [-0.39, 0.29) is 12.0 Å².